The minimum Gasteiger partial charge on any atom is -0.481 e. The van der Waals surface area contributed by atoms with Crippen LogP contribution in [0.3, 0.4) is 0 Å². The van der Waals surface area contributed by atoms with Gasteiger partial charge in [-0.25, -0.2) is 21.6 Å². The normalized spacial score (nSPS) is 22.9. The van der Waals surface area contributed by atoms with Crippen molar-refractivity contribution < 1.29 is 26.7 Å². The van der Waals surface area contributed by atoms with Crippen LogP contribution < -0.4 is 9.62 Å². The zero-order valence-corrected chi connectivity index (χ0v) is 29.8. The number of carboxylic acids is 1. The number of halogens is 3. The Bertz CT molecular complexity index is 1540. The molecule has 3 heterocycles. The molecule has 9 nitrogen and oxygen atoms in total. The van der Waals surface area contributed by atoms with Crippen LogP contribution in [0.4, 0.5) is 5.69 Å². The van der Waals surface area contributed by atoms with Crippen molar-refractivity contribution in [3.63, 3.8) is 0 Å². The summed E-state index contributed by atoms with van der Waals surface area (Å²) in [5, 5.41) is 9.59. The first-order valence-electron chi connectivity index (χ1n) is 15.1. The smallest absolute Gasteiger partial charge is 0.306 e. The number of piperidine rings is 2. The SMILES string of the molecule is O=C(O)C1CCC(NS(=O)(=O)c2ccc(N3CCC(CCCC4CCN(S(=O)(=O)c5cc(Br)c(Cl)s5)CC4)CC3)c(Cl)c2)C1. The van der Waals surface area contributed by atoms with E-state index in [0.29, 0.717) is 58.0 Å². The van der Waals surface area contributed by atoms with Gasteiger partial charge in [0.1, 0.15) is 8.55 Å². The standard InChI is InChI=1S/C29H38BrCl2N3O6S3/c30-24-18-27(42-28(24)32)44(40,41)35-14-10-20(11-15-35)3-1-2-19-8-12-34(13-9-19)26-7-6-23(17-25(26)31)43(38,39)33-22-5-4-21(16-22)29(36)37/h6-7,17-22,33H,1-5,8-16H2,(H,36,37). The number of aliphatic carboxylic acids is 1. The summed E-state index contributed by atoms with van der Waals surface area (Å²) in [7, 11) is -7.30. The molecule has 3 aliphatic rings. The lowest BCUT2D eigenvalue weighted by atomic mass is 9.87. The largest absolute Gasteiger partial charge is 0.481 e. The van der Waals surface area contributed by atoms with E-state index in [1.54, 1.807) is 22.5 Å². The van der Waals surface area contributed by atoms with Crippen LogP contribution in [-0.2, 0) is 24.8 Å². The molecule has 2 aromatic rings. The average Bonchev–Trinajstić information content (AvgIpc) is 3.59. The molecule has 2 atom stereocenters. The number of hydrogen-bond donors (Lipinski definition) is 2. The van der Waals surface area contributed by atoms with Crippen molar-refractivity contribution in [3.8, 4) is 0 Å². The highest BCUT2D eigenvalue weighted by Crippen LogP contribution is 2.38. The third-order valence-electron chi connectivity index (χ3n) is 9.30. The van der Waals surface area contributed by atoms with Gasteiger partial charge in [0, 0.05) is 36.7 Å². The first-order valence-corrected chi connectivity index (χ1v) is 20.4. The molecule has 1 saturated carbocycles. The Morgan fingerprint density at radius 2 is 1.59 bits per heavy atom. The van der Waals surface area contributed by atoms with Gasteiger partial charge in [-0.3, -0.25) is 4.79 Å². The van der Waals surface area contributed by atoms with Gasteiger partial charge >= 0.3 is 5.97 Å². The van der Waals surface area contributed by atoms with Gasteiger partial charge in [0.25, 0.3) is 10.0 Å². The highest BCUT2D eigenvalue weighted by Gasteiger charge is 2.33. The number of sulfonamides is 2. The van der Waals surface area contributed by atoms with E-state index < -0.39 is 31.9 Å². The number of rotatable bonds is 11. The lowest BCUT2D eigenvalue weighted by Gasteiger charge is -2.35. The fourth-order valence-corrected chi connectivity index (χ4v) is 12.3. The Balaban J connectivity index is 1.04. The first kappa shape index (κ1) is 34.4. The van der Waals surface area contributed by atoms with Crippen LogP contribution in [0.25, 0.3) is 0 Å². The number of hydrogen-bond acceptors (Lipinski definition) is 7. The molecule has 15 heteroatoms. The Kier molecular flexibility index (Phi) is 11.3. The number of carboxylic acid groups (broad SMARTS) is 1. The molecule has 2 aliphatic heterocycles. The maximum Gasteiger partial charge on any atom is 0.306 e. The van der Waals surface area contributed by atoms with Crippen LogP contribution in [-0.4, -0.2) is 64.4 Å². The van der Waals surface area contributed by atoms with Crippen LogP contribution in [0.15, 0.2) is 37.8 Å². The summed E-state index contributed by atoms with van der Waals surface area (Å²) in [5.41, 5.74) is 0.828. The van der Waals surface area contributed by atoms with Crippen LogP contribution >= 0.6 is 50.5 Å². The maximum absolute atomic E-state index is 13.0. The second kappa shape index (κ2) is 14.5. The molecule has 1 aromatic heterocycles. The molecule has 2 unspecified atom stereocenters. The molecule has 0 amide bonds. The average molecular weight is 772 g/mol. The number of anilines is 1. The summed E-state index contributed by atoms with van der Waals surface area (Å²) in [6.45, 7) is 2.79. The van der Waals surface area contributed by atoms with Gasteiger partial charge in [-0.1, -0.05) is 42.5 Å². The second-order valence-electron chi connectivity index (χ2n) is 12.2. The van der Waals surface area contributed by atoms with Crippen molar-refractivity contribution >= 4 is 82.2 Å². The second-order valence-corrected chi connectivity index (χ2v) is 19.0. The fraction of sp³-hybridized carbons (Fsp3) is 0.621. The third kappa shape index (κ3) is 8.13. The van der Waals surface area contributed by atoms with E-state index in [2.05, 4.69) is 25.6 Å². The number of carbonyl (C=O) groups is 1. The van der Waals surface area contributed by atoms with Gasteiger partial charge in [0.05, 0.1) is 21.5 Å². The molecule has 1 aliphatic carbocycles. The van der Waals surface area contributed by atoms with E-state index in [-0.39, 0.29) is 15.1 Å². The summed E-state index contributed by atoms with van der Waals surface area (Å²) in [6.07, 6.45) is 8.49. The van der Waals surface area contributed by atoms with E-state index in [9.17, 15) is 26.7 Å². The van der Waals surface area contributed by atoms with Crippen molar-refractivity contribution in [3.05, 3.63) is 38.1 Å². The predicted octanol–water partition coefficient (Wildman–Crippen LogP) is 6.84. The zero-order valence-electron chi connectivity index (χ0n) is 24.3. The number of benzene rings is 1. The quantitative estimate of drug-likeness (QED) is 0.257. The van der Waals surface area contributed by atoms with Crippen LogP contribution in [0.5, 0.6) is 0 Å². The minimum atomic E-state index is -3.80. The van der Waals surface area contributed by atoms with Crippen LogP contribution in [0.2, 0.25) is 9.36 Å². The van der Waals surface area contributed by atoms with Gasteiger partial charge in [0.15, 0.2) is 0 Å². The lowest BCUT2D eigenvalue weighted by Crippen LogP contribution is -2.38. The molecule has 2 saturated heterocycles. The first-order chi connectivity index (χ1) is 20.8. The van der Waals surface area contributed by atoms with Gasteiger partial charge in [0.2, 0.25) is 10.0 Å². The van der Waals surface area contributed by atoms with E-state index in [0.717, 1.165) is 75.1 Å². The van der Waals surface area contributed by atoms with Gasteiger partial charge in [-0.2, -0.15) is 4.31 Å². The summed E-state index contributed by atoms with van der Waals surface area (Å²) < 4.78 is 57.4. The summed E-state index contributed by atoms with van der Waals surface area (Å²) in [6, 6.07) is 6.03. The molecule has 0 spiro atoms. The van der Waals surface area contributed by atoms with E-state index in [4.69, 9.17) is 23.2 Å². The third-order valence-corrected chi connectivity index (χ3v) is 15.9. The van der Waals surface area contributed by atoms with Crippen molar-refractivity contribution in [2.45, 2.75) is 79.4 Å². The number of nitrogens with one attached hydrogen (secondary N) is 1. The topological polar surface area (TPSA) is 124 Å². The lowest BCUT2D eigenvalue weighted by molar-refractivity contribution is -0.141. The molecule has 0 bridgehead atoms. The number of nitrogens with zero attached hydrogens (tertiary/aromatic N) is 2. The highest BCUT2D eigenvalue weighted by atomic mass is 79.9. The summed E-state index contributed by atoms with van der Waals surface area (Å²) in [4.78, 5) is 13.5. The van der Waals surface area contributed by atoms with E-state index >= 15 is 0 Å². The Labute approximate surface area is 282 Å². The molecular formula is C29H38BrCl2N3O6S3. The van der Waals surface area contributed by atoms with E-state index in [1.807, 2.05) is 0 Å². The van der Waals surface area contributed by atoms with Crippen LogP contribution in [0.1, 0.15) is 64.2 Å². The minimum absolute atomic E-state index is 0.0901. The highest BCUT2D eigenvalue weighted by molar-refractivity contribution is 9.10. The molecule has 5 rings (SSSR count). The van der Waals surface area contributed by atoms with Gasteiger partial charge in [-0.15, -0.1) is 11.3 Å². The predicted molar refractivity (Wildman–Crippen MR) is 178 cm³/mol. The molecule has 3 fully saturated rings. The van der Waals surface area contributed by atoms with Crippen LogP contribution in [0, 0.1) is 17.8 Å². The van der Waals surface area contributed by atoms with Gasteiger partial charge < -0.3 is 10.0 Å². The fourth-order valence-electron chi connectivity index (χ4n) is 6.69. The van der Waals surface area contributed by atoms with Crippen molar-refractivity contribution in [2.75, 3.05) is 31.1 Å². The molecule has 0 radical (unpaired) electrons. The summed E-state index contributed by atoms with van der Waals surface area (Å²) >= 11 is 17.0. The Hall–Kier alpha value is -0.930. The molecule has 44 heavy (non-hydrogen) atoms. The molecule has 1 aromatic carbocycles. The molecule has 2 N–H and O–H groups in total. The zero-order chi connectivity index (χ0) is 31.6. The van der Waals surface area contributed by atoms with Crippen molar-refractivity contribution in [2.24, 2.45) is 17.8 Å². The summed E-state index contributed by atoms with van der Waals surface area (Å²) in [5.74, 6) is -0.237. The monoisotopic (exact) mass is 769 g/mol. The van der Waals surface area contributed by atoms with Crippen molar-refractivity contribution in [1.82, 2.24) is 9.03 Å². The Morgan fingerprint density at radius 3 is 2.14 bits per heavy atom. The Morgan fingerprint density at radius 1 is 0.955 bits per heavy atom. The van der Waals surface area contributed by atoms with E-state index in [1.165, 1.54) is 6.07 Å². The molecular weight excluding hydrogens is 733 g/mol. The van der Waals surface area contributed by atoms with Gasteiger partial charge in [-0.05, 0) is 97.0 Å². The number of thiophene rings is 1. The molecule has 244 valence electrons. The maximum atomic E-state index is 13.0. The van der Waals surface area contributed by atoms with Crippen molar-refractivity contribution in [1.29, 1.82) is 0 Å².